The summed E-state index contributed by atoms with van der Waals surface area (Å²) in [5.74, 6) is 5.60. The minimum atomic E-state index is -0.178. The van der Waals surface area contributed by atoms with Crippen LogP contribution < -0.4 is 16.6 Å². The van der Waals surface area contributed by atoms with Crippen molar-refractivity contribution in [3.8, 4) is 0 Å². The number of carbonyl (C=O) groups excluding carboxylic acids is 1. The van der Waals surface area contributed by atoms with E-state index >= 15 is 0 Å². The molecule has 0 radical (unpaired) electrons. The number of nitrogen functional groups attached to an aromatic ring is 1. The number of hydrogen-bond donors (Lipinski definition) is 3. The molecule has 0 fully saturated rings. The number of aryl methyl sites for hydroxylation is 1. The predicted octanol–water partition coefficient (Wildman–Crippen LogP) is 2.86. The van der Waals surface area contributed by atoms with E-state index in [1.807, 2.05) is 24.4 Å². The maximum atomic E-state index is 12.5. The quantitative estimate of drug-likeness (QED) is 0.586. The van der Waals surface area contributed by atoms with E-state index < -0.39 is 0 Å². The van der Waals surface area contributed by atoms with Gasteiger partial charge in [-0.1, -0.05) is 19.9 Å². The van der Waals surface area contributed by atoms with Crippen molar-refractivity contribution in [2.75, 3.05) is 5.43 Å². The lowest BCUT2D eigenvalue weighted by Crippen LogP contribution is -2.32. The van der Waals surface area contributed by atoms with Crippen LogP contribution in [-0.4, -0.2) is 10.9 Å². The summed E-state index contributed by atoms with van der Waals surface area (Å²) in [5.41, 5.74) is 4.39. The summed E-state index contributed by atoms with van der Waals surface area (Å²) in [4.78, 5) is 17.8. The van der Waals surface area contributed by atoms with Gasteiger partial charge in [0.25, 0.3) is 5.91 Å². The maximum absolute atomic E-state index is 12.5. The second kappa shape index (κ2) is 6.69. The molecule has 5 nitrogen and oxygen atoms in total. The second-order valence-electron chi connectivity index (χ2n) is 5.23. The van der Waals surface area contributed by atoms with E-state index in [9.17, 15) is 4.79 Å². The van der Waals surface area contributed by atoms with Crippen LogP contribution in [0, 0.1) is 12.8 Å². The molecule has 1 atom stereocenters. The maximum Gasteiger partial charge on any atom is 0.255 e. The fourth-order valence-electron chi connectivity index (χ4n) is 2.11. The topological polar surface area (TPSA) is 80.0 Å². The van der Waals surface area contributed by atoms with Gasteiger partial charge in [-0.05, 0) is 30.4 Å². The summed E-state index contributed by atoms with van der Waals surface area (Å²) in [6, 6.07) is 5.75. The van der Waals surface area contributed by atoms with Crippen molar-refractivity contribution in [1.82, 2.24) is 10.3 Å². The van der Waals surface area contributed by atoms with Crippen LogP contribution in [-0.2, 0) is 0 Å². The average Bonchev–Trinajstić information content (AvgIpc) is 2.97. The lowest BCUT2D eigenvalue weighted by Gasteiger charge is -2.22. The normalized spacial score (nSPS) is 12.2. The van der Waals surface area contributed by atoms with Crippen molar-refractivity contribution in [2.24, 2.45) is 11.8 Å². The van der Waals surface area contributed by atoms with Gasteiger partial charge in [0.15, 0.2) is 0 Å². The third-order valence-corrected chi connectivity index (χ3v) is 4.20. The number of anilines is 1. The van der Waals surface area contributed by atoms with E-state index in [4.69, 9.17) is 5.84 Å². The van der Waals surface area contributed by atoms with Gasteiger partial charge < -0.3 is 10.7 Å². The Balaban J connectivity index is 2.24. The SMILES string of the molecule is Cc1cc(NN)c(C(=O)NC(c2cccs2)C(C)C)cn1. The Kier molecular flexibility index (Phi) is 4.93. The molecular weight excluding hydrogens is 284 g/mol. The number of thiophene rings is 1. The van der Waals surface area contributed by atoms with Gasteiger partial charge in [0, 0.05) is 16.8 Å². The first kappa shape index (κ1) is 15.5. The number of hydrogen-bond acceptors (Lipinski definition) is 5. The molecule has 0 saturated carbocycles. The van der Waals surface area contributed by atoms with Crippen LogP contribution in [0.4, 0.5) is 5.69 Å². The monoisotopic (exact) mass is 304 g/mol. The van der Waals surface area contributed by atoms with Gasteiger partial charge in [-0.2, -0.15) is 0 Å². The Bertz CT molecular complexity index is 610. The molecule has 1 unspecified atom stereocenters. The molecular formula is C15H20N4OS. The van der Waals surface area contributed by atoms with Crippen LogP contribution in [0.15, 0.2) is 29.8 Å². The highest BCUT2D eigenvalue weighted by atomic mass is 32.1. The third-order valence-electron chi connectivity index (χ3n) is 3.24. The summed E-state index contributed by atoms with van der Waals surface area (Å²) >= 11 is 1.64. The van der Waals surface area contributed by atoms with E-state index in [1.54, 1.807) is 23.6 Å². The number of nitrogens with one attached hydrogen (secondary N) is 2. The molecule has 0 bridgehead atoms. The first-order chi connectivity index (χ1) is 10.0. The summed E-state index contributed by atoms with van der Waals surface area (Å²) in [5, 5.41) is 5.08. The molecule has 21 heavy (non-hydrogen) atoms. The first-order valence-electron chi connectivity index (χ1n) is 6.80. The number of rotatable bonds is 5. The molecule has 1 amide bonds. The smallest absolute Gasteiger partial charge is 0.255 e. The van der Waals surface area contributed by atoms with E-state index in [0.717, 1.165) is 10.6 Å². The van der Waals surface area contributed by atoms with Crippen LogP contribution in [0.1, 0.15) is 40.8 Å². The van der Waals surface area contributed by atoms with Crippen LogP contribution in [0.2, 0.25) is 0 Å². The lowest BCUT2D eigenvalue weighted by molar-refractivity contribution is 0.0927. The van der Waals surface area contributed by atoms with Crippen molar-refractivity contribution in [3.63, 3.8) is 0 Å². The van der Waals surface area contributed by atoms with Gasteiger partial charge in [0.2, 0.25) is 0 Å². The largest absolute Gasteiger partial charge is 0.344 e. The number of nitrogens with two attached hydrogens (primary N) is 1. The highest BCUT2D eigenvalue weighted by molar-refractivity contribution is 7.10. The minimum Gasteiger partial charge on any atom is -0.344 e. The van der Waals surface area contributed by atoms with Gasteiger partial charge in [-0.15, -0.1) is 11.3 Å². The highest BCUT2D eigenvalue weighted by Crippen LogP contribution is 2.26. The van der Waals surface area contributed by atoms with Crippen LogP contribution >= 0.6 is 11.3 Å². The van der Waals surface area contributed by atoms with Gasteiger partial charge in [-0.3, -0.25) is 15.6 Å². The lowest BCUT2D eigenvalue weighted by atomic mass is 10.0. The van der Waals surface area contributed by atoms with Crippen molar-refractivity contribution in [3.05, 3.63) is 45.9 Å². The van der Waals surface area contributed by atoms with Crippen LogP contribution in [0.3, 0.4) is 0 Å². The molecule has 2 rings (SSSR count). The zero-order valence-corrected chi connectivity index (χ0v) is 13.2. The van der Waals surface area contributed by atoms with Crippen molar-refractivity contribution in [1.29, 1.82) is 0 Å². The van der Waals surface area contributed by atoms with E-state index in [2.05, 4.69) is 29.6 Å². The van der Waals surface area contributed by atoms with E-state index in [-0.39, 0.29) is 11.9 Å². The van der Waals surface area contributed by atoms with E-state index in [0.29, 0.717) is 17.2 Å². The van der Waals surface area contributed by atoms with Crippen molar-refractivity contribution >= 4 is 22.9 Å². The molecule has 0 aromatic carbocycles. The van der Waals surface area contributed by atoms with Crippen LogP contribution in [0.25, 0.3) is 0 Å². The van der Waals surface area contributed by atoms with Gasteiger partial charge in [0.1, 0.15) is 0 Å². The fourth-order valence-corrected chi connectivity index (χ4v) is 3.06. The third kappa shape index (κ3) is 3.59. The Morgan fingerprint density at radius 1 is 1.43 bits per heavy atom. The number of hydrazine groups is 1. The van der Waals surface area contributed by atoms with Crippen LogP contribution in [0.5, 0.6) is 0 Å². The molecule has 0 aliphatic carbocycles. The second-order valence-corrected chi connectivity index (χ2v) is 6.21. The Morgan fingerprint density at radius 3 is 2.76 bits per heavy atom. The zero-order valence-electron chi connectivity index (χ0n) is 12.4. The van der Waals surface area contributed by atoms with Gasteiger partial charge in [0.05, 0.1) is 17.3 Å². The molecule has 2 aromatic heterocycles. The summed E-state index contributed by atoms with van der Waals surface area (Å²) in [7, 11) is 0. The predicted molar refractivity (Wildman–Crippen MR) is 86.1 cm³/mol. The summed E-state index contributed by atoms with van der Waals surface area (Å²) < 4.78 is 0. The van der Waals surface area contributed by atoms with Crippen molar-refractivity contribution in [2.45, 2.75) is 26.8 Å². The number of carbonyl (C=O) groups is 1. The fraction of sp³-hybridized carbons (Fsp3) is 0.333. The molecule has 2 aromatic rings. The standard InChI is InChI=1S/C15H20N4OS/c1-9(2)14(13-5-4-6-21-13)18-15(20)11-8-17-10(3)7-12(11)19-16/h4-9,14H,16H2,1-3H3,(H,17,19)(H,18,20). The zero-order chi connectivity index (χ0) is 15.4. The Hall–Kier alpha value is -1.92. The molecule has 4 N–H and O–H groups in total. The molecule has 6 heteroatoms. The number of nitrogens with zero attached hydrogens (tertiary/aromatic N) is 1. The molecule has 2 heterocycles. The Morgan fingerprint density at radius 2 is 2.19 bits per heavy atom. The molecule has 0 aliphatic heterocycles. The number of amides is 1. The molecule has 0 aliphatic rings. The molecule has 0 spiro atoms. The summed E-state index contributed by atoms with van der Waals surface area (Å²) in [6.45, 7) is 6.02. The highest BCUT2D eigenvalue weighted by Gasteiger charge is 2.21. The Labute approximate surface area is 128 Å². The van der Waals surface area contributed by atoms with E-state index in [1.165, 1.54) is 0 Å². The molecule has 112 valence electrons. The van der Waals surface area contributed by atoms with Gasteiger partial charge >= 0.3 is 0 Å². The van der Waals surface area contributed by atoms with Gasteiger partial charge in [-0.25, -0.2) is 0 Å². The summed E-state index contributed by atoms with van der Waals surface area (Å²) in [6.07, 6.45) is 1.55. The van der Waals surface area contributed by atoms with Crippen molar-refractivity contribution < 1.29 is 4.79 Å². The average molecular weight is 304 g/mol. The molecule has 0 saturated heterocycles. The minimum absolute atomic E-state index is 0.0237. The number of aromatic nitrogens is 1. The number of pyridine rings is 1. The first-order valence-corrected chi connectivity index (χ1v) is 7.68.